The van der Waals surface area contributed by atoms with Crippen LogP contribution in [0.3, 0.4) is 0 Å². The average Bonchev–Trinajstić information content (AvgIpc) is 2.81. The van der Waals surface area contributed by atoms with E-state index in [0.29, 0.717) is 12.8 Å². The number of nitriles is 3. The third kappa shape index (κ3) is 2.36. The van der Waals surface area contributed by atoms with Crippen LogP contribution in [0.25, 0.3) is 0 Å². The Morgan fingerprint density at radius 3 is 2.21 bits per heavy atom. The highest BCUT2D eigenvalue weighted by Crippen LogP contribution is 2.60. The summed E-state index contributed by atoms with van der Waals surface area (Å²) in [5, 5.41) is 38.0. The molecule has 0 amide bonds. The van der Waals surface area contributed by atoms with E-state index in [4.69, 9.17) is 14.9 Å². The van der Waals surface area contributed by atoms with Gasteiger partial charge in [-0.2, -0.15) is 15.8 Å². The molecule has 128 valence electrons. The summed E-state index contributed by atoms with van der Waals surface area (Å²) >= 11 is 0. The van der Waals surface area contributed by atoms with Crippen LogP contribution in [0.1, 0.15) is 58.8 Å². The second-order valence-corrected chi connectivity index (χ2v) is 6.64. The Hall–Kier alpha value is -2.10. The summed E-state index contributed by atoms with van der Waals surface area (Å²) in [5.41, 5.74) is -3.23. The van der Waals surface area contributed by atoms with Crippen LogP contribution in [0.2, 0.25) is 0 Å². The summed E-state index contributed by atoms with van der Waals surface area (Å²) in [6.07, 6.45) is 4.26. The third-order valence-corrected chi connectivity index (χ3v) is 5.35. The van der Waals surface area contributed by atoms with Crippen molar-refractivity contribution in [1.82, 2.24) is 0 Å². The molecule has 2 aliphatic heterocycles. The summed E-state index contributed by atoms with van der Waals surface area (Å²) in [7, 11) is 0. The fraction of sp³-hybridized carbons (Fsp3) is 0.778. The standard InChI is InChI=1S/C18H24N4O2/c1-3-5-7-9-14-17(10-19,11-20)18(12-21)13(8-6-4-2)15(23-14)24-16(18)22/h13-15,22H,3-9H2,1-2H3. The first-order valence-corrected chi connectivity index (χ1v) is 8.72. The smallest absolute Gasteiger partial charge is 0.207 e. The molecular formula is C18H24N4O2. The molecule has 4 atom stereocenters. The number of fused-ring (bicyclic) bond motifs is 2. The van der Waals surface area contributed by atoms with E-state index < -0.39 is 29.1 Å². The van der Waals surface area contributed by atoms with Gasteiger partial charge in [-0.25, -0.2) is 0 Å². The molecule has 2 aliphatic rings. The van der Waals surface area contributed by atoms with E-state index in [1.165, 1.54) is 0 Å². The molecule has 2 heterocycles. The van der Waals surface area contributed by atoms with Crippen molar-refractivity contribution in [2.45, 2.75) is 71.2 Å². The number of hydrogen-bond donors (Lipinski definition) is 1. The molecule has 1 N–H and O–H groups in total. The van der Waals surface area contributed by atoms with E-state index in [0.717, 1.165) is 32.1 Å². The van der Waals surface area contributed by atoms with Crippen LogP contribution in [-0.2, 0) is 9.47 Å². The van der Waals surface area contributed by atoms with E-state index in [1.54, 1.807) is 0 Å². The molecular weight excluding hydrogens is 304 g/mol. The molecule has 24 heavy (non-hydrogen) atoms. The minimum Gasteiger partial charge on any atom is -0.450 e. The van der Waals surface area contributed by atoms with Crippen molar-refractivity contribution in [2.75, 3.05) is 0 Å². The van der Waals surface area contributed by atoms with Gasteiger partial charge in [0, 0.05) is 0 Å². The Bertz CT molecular complexity index is 598. The molecule has 0 saturated carbocycles. The predicted octanol–water partition coefficient (Wildman–Crippen LogP) is 3.65. The second-order valence-electron chi connectivity index (χ2n) is 6.64. The zero-order chi connectivity index (χ0) is 17.8. The molecule has 2 saturated heterocycles. The number of hydrogen-bond acceptors (Lipinski definition) is 6. The van der Waals surface area contributed by atoms with Crippen molar-refractivity contribution in [3.63, 3.8) is 0 Å². The maximum absolute atomic E-state index is 9.97. The van der Waals surface area contributed by atoms with Crippen molar-refractivity contribution in [1.29, 1.82) is 21.2 Å². The highest BCUT2D eigenvalue weighted by Gasteiger charge is 2.74. The van der Waals surface area contributed by atoms with Gasteiger partial charge in [0.1, 0.15) is 0 Å². The van der Waals surface area contributed by atoms with Gasteiger partial charge >= 0.3 is 0 Å². The van der Waals surface area contributed by atoms with Gasteiger partial charge in [0.25, 0.3) is 0 Å². The van der Waals surface area contributed by atoms with Crippen molar-refractivity contribution in [2.24, 2.45) is 16.7 Å². The van der Waals surface area contributed by atoms with E-state index in [1.807, 2.05) is 6.92 Å². The molecule has 2 fully saturated rings. The first-order valence-electron chi connectivity index (χ1n) is 8.72. The molecule has 0 aromatic carbocycles. The summed E-state index contributed by atoms with van der Waals surface area (Å²) in [5.74, 6) is -0.728. The maximum Gasteiger partial charge on any atom is 0.207 e. The van der Waals surface area contributed by atoms with Crippen LogP contribution >= 0.6 is 0 Å². The quantitative estimate of drug-likeness (QED) is 0.716. The fourth-order valence-corrected chi connectivity index (χ4v) is 3.98. The predicted molar refractivity (Wildman–Crippen MR) is 86.3 cm³/mol. The Morgan fingerprint density at radius 2 is 1.67 bits per heavy atom. The monoisotopic (exact) mass is 328 g/mol. The van der Waals surface area contributed by atoms with E-state index in [2.05, 4.69) is 25.1 Å². The molecule has 0 aromatic rings. The van der Waals surface area contributed by atoms with Crippen molar-refractivity contribution >= 4 is 5.90 Å². The lowest BCUT2D eigenvalue weighted by Gasteiger charge is -2.45. The number of ether oxygens (including phenoxy) is 2. The van der Waals surface area contributed by atoms with Crippen molar-refractivity contribution < 1.29 is 9.47 Å². The second kappa shape index (κ2) is 7.20. The maximum atomic E-state index is 9.97. The normalized spacial score (nSPS) is 33.1. The molecule has 2 rings (SSSR count). The van der Waals surface area contributed by atoms with Crippen LogP contribution in [0.4, 0.5) is 0 Å². The van der Waals surface area contributed by atoms with Gasteiger partial charge in [-0.1, -0.05) is 46.0 Å². The lowest BCUT2D eigenvalue weighted by Crippen LogP contribution is -2.58. The largest absolute Gasteiger partial charge is 0.450 e. The zero-order valence-corrected chi connectivity index (χ0v) is 14.3. The molecule has 6 heteroatoms. The molecule has 0 spiro atoms. The summed E-state index contributed by atoms with van der Waals surface area (Å²) < 4.78 is 11.5. The summed E-state index contributed by atoms with van der Waals surface area (Å²) in [6, 6.07) is 6.30. The van der Waals surface area contributed by atoms with Crippen LogP contribution in [0.15, 0.2) is 0 Å². The minimum atomic E-state index is -1.70. The first kappa shape index (κ1) is 18.2. The van der Waals surface area contributed by atoms with E-state index in [9.17, 15) is 15.8 Å². The highest BCUT2D eigenvalue weighted by molar-refractivity contribution is 5.88. The molecule has 0 aliphatic carbocycles. The van der Waals surface area contributed by atoms with Gasteiger partial charge in [-0.3, -0.25) is 5.41 Å². The van der Waals surface area contributed by atoms with Gasteiger partial charge in [-0.05, 0) is 12.8 Å². The fourth-order valence-electron chi connectivity index (χ4n) is 3.98. The Kier molecular flexibility index (Phi) is 5.47. The Balaban J connectivity index is 2.48. The van der Waals surface area contributed by atoms with Crippen molar-refractivity contribution in [3.8, 4) is 18.2 Å². The number of rotatable bonds is 7. The highest BCUT2D eigenvalue weighted by atomic mass is 16.7. The van der Waals surface area contributed by atoms with E-state index >= 15 is 0 Å². The third-order valence-electron chi connectivity index (χ3n) is 5.35. The lowest BCUT2D eigenvalue weighted by atomic mass is 9.54. The molecule has 4 unspecified atom stereocenters. The molecule has 0 aromatic heterocycles. The van der Waals surface area contributed by atoms with E-state index in [-0.39, 0.29) is 5.90 Å². The van der Waals surface area contributed by atoms with Gasteiger partial charge in [0.15, 0.2) is 10.8 Å². The molecule has 6 nitrogen and oxygen atoms in total. The van der Waals surface area contributed by atoms with Crippen LogP contribution < -0.4 is 0 Å². The summed E-state index contributed by atoms with van der Waals surface area (Å²) in [4.78, 5) is 0. The first-order chi connectivity index (χ1) is 11.6. The zero-order valence-electron chi connectivity index (χ0n) is 14.3. The van der Waals surface area contributed by atoms with Gasteiger partial charge < -0.3 is 9.47 Å². The van der Waals surface area contributed by atoms with Gasteiger partial charge in [0.2, 0.25) is 12.2 Å². The van der Waals surface area contributed by atoms with Crippen molar-refractivity contribution in [3.05, 3.63) is 0 Å². The number of nitrogens with one attached hydrogen (secondary N) is 1. The Labute approximate surface area is 143 Å². The average molecular weight is 328 g/mol. The SMILES string of the molecule is CCCCCC1OC2OC(=N)C(C#N)(C2CCCC)C1(C#N)C#N. The Morgan fingerprint density at radius 1 is 1.00 bits per heavy atom. The van der Waals surface area contributed by atoms with Crippen LogP contribution in [0.5, 0.6) is 0 Å². The van der Waals surface area contributed by atoms with Gasteiger partial charge in [-0.15, -0.1) is 0 Å². The topological polar surface area (TPSA) is 114 Å². The van der Waals surface area contributed by atoms with Gasteiger partial charge in [0.05, 0.1) is 30.2 Å². The number of nitrogens with zero attached hydrogens (tertiary/aromatic N) is 3. The number of unbranched alkanes of at least 4 members (excludes halogenated alkanes) is 3. The minimum absolute atomic E-state index is 0.280. The van der Waals surface area contributed by atoms with Crippen LogP contribution in [0, 0.1) is 56.2 Å². The lowest BCUT2D eigenvalue weighted by molar-refractivity contribution is -0.203. The van der Waals surface area contributed by atoms with Crippen LogP contribution in [-0.4, -0.2) is 18.3 Å². The molecule has 2 bridgehead atoms. The molecule has 0 radical (unpaired) electrons. The summed E-state index contributed by atoms with van der Waals surface area (Å²) in [6.45, 7) is 4.11.